The maximum Gasteiger partial charge on any atom is 0.311 e. The van der Waals surface area contributed by atoms with Crippen molar-refractivity contribution in [2.24, 2.45) is 5.73 Å². The second kappa shape index (κ2) is 5.43. The normalized spacial score (nSPS) is 12.2. The number of ether oxygens (including phenoxy) is 1. The van der Waals surface area contributed by atoms with Crippen molar-refractivity contribution < 1.29 is 14.8 Å². The Morgan fingerprint density at radius 2 is 2.31 bits per heavy atom. The standard InChI is InChI=1S/C10H14N2O4/c1-16-10-3-2-7(8(5-11)6-13)4-9(10)12(14)15/h2-4,8,13H,5-6,11H2,1H3. The molecule has 0 heterocycles. The van der Waals surface area contributed by atoms with Crippen molar-refractivity contribution >= 4 is 5.69 Å². The lowest BCUT2D eigenvalue weighted by molar-refractivity contribution is -0.385. The van der Waals surface area contributed by atoms with Gasteiger partial charge >= 0.3 is 5.69 Å². The summed E-state index contributed by atoms with van der Waals surface area (Å²) in [6.45, 7) is 0.0972. The molecule has 0 aliphatic heterocycles. The van der Waals surface area contributed by atoms with Crippen molar-refractivity contribution in [3.63, 3.8) is 0 Å². The number of nitrogens with two attached hydrogens (primary N) is 1. The lowest BCUT2D eigenvalue weighted by Crippen LogP contribution is -2.16. The molecule has 0 saturated heterocycles. The van der Waals surface area contributed by atoms with Crippen LogP contribution in [0.25, 0.3) is 0 Å². The molecular formula is C10H14N2O4. The first-order valence-electron chi connectivity index (χ1n) is 4.77. The number of benzene rings is 1. The van der Waals surface area contributed by atoms with Crippen molar-refractivity contribution in [1.29, 1.82) is 0 Å². The molecule has 0 aliphatic rings. The van der Waals surface area contributed by atoms with Crippen LogP contribution in [0.1, 0.15) is 11.5 Å². The van der Waals surface area contributed by atoms with Crippen LogP contribution in [0.15, 0.2) is 18.2 Å². The molecule has 0 radical (unpaired) electrons. The van der Waals surface area contributed by atoms with E-state index in [-0.39, 0.29) is 30.5 Å². The zero-order valence-corrected chi connectivity index (χ0v) is 8.92. The molecule has 3 N–H and O–H groups in total. The van der Waals surface area contributed by atoms with Crippen LogP contribution >= 0.6 is 0 Å². The summed E-state index contributed by atoms with van der Waals surface area (Å²) in [5, 5.41) is 19.8. The maximum atomic E-state index is 10.8. The van der Waals surface area contributed by atoms with E-state index in [1.807, 2.05) is 0 Å². The van der Waals surface area contributed by atoms with Crippen LogP contribution in [0.4, 0.5) is 5.69 Å². The molecule has 88 valence electrons. The zero-order valence-electron chi connectivity index (χ0n) is 8.92. The third kappa shape index (κ3) is 2.47. The summed E-state index contributed by atoms with van der Waals surface area (Å²) < 4.78 is 4.87. The third-order valence-corrected chi connectivity index (χ3v) is 2.38. The number of methoxy groups -OCH3 is 1. The first kappa shape index (κ1) is 12.4. The summed E-state index contributed by atoms with van der Waals surface area (Å²) in [7, 11) is 1.37. The highest BCUT2D eigenvalue weighted by Crippen LogP contribution is 2.30. The fourth-order valence-corrected chi connectivity index (χ4v) is 1.42. The Balaban J connectivity index is 3.15. The fraction of sp³-hybridized carbons (Fsp3) is 0.400. The van der Waals surface area contributed by atoms with E-state index >= 15 is 0 Å². The fourth-order valence-electron chi connectivity index (χ4n) is 1.42. The van der Waals surface area contributed by atoms with E-state index in [9.17, 15) is 10.1 Å². The van der Waals surface area contributed by atoms with Crippen molar-refractivity contribution in [1.82, 2.24) is 0 Å². The Bertz CT molecular complexity index is 377. The number of nitrogens with zero attached hydrogens (tertiary/aromatic N) is 1. The zero-order chi connectivity index (χ0) is 12.1. The van der Waals surface area contributed by atoms with Gasteiger partial charge in [-0.1, -0.05) is 6.07 Å². The van der Waals surface area contributed by atoms with Gasteiger partial charge in [0.05, 0.1) is 18.6 Å². The summed E-state index contributed by atoms with van der Waals surface area (Å²) in [5.74, 6) is -0.0907. The SMILES string of the molecule is COc1ccc(C(CN)CO)cc1[N+](=O)[O-]. The van der Waals surface area contributed by atoms with Crippen LogP contribution in [-0.4, -0.2) is 30.3 Å². The van der Waals surface area contributed by atoms with Crippen molar-refractivity contribution in [2.75, 3.05) is 20.3 Å². The monoisotopic (exact) mass is 226 g/mol. The number of nitro groups is 1. The molecule has 6 heteroatoms. The highest BCUT2D eigenvalue weighted by atomic mass is 16.6. The number of hydrogen-bond donors (Lipinski definition) is 2. The van der Waals surface area contributed by atoms with Gasteiger partial charge in [0.15, 0.2) is 5.75 Å². The van der Waals surface area contributed by atoms with Crippen LogP contribution in [-0.2, 0) is 0 Å². The van der Waals surface area contributed by atoms with E-state index in [2.05, 4.69) is 0 Å². The lowest BCUT2D eigenvalue weighted by atomic mass is 9.99. The first-order valence-corrected chi connectivity index (χ1v) is 4.77. The van der Waals surface area contributed by atoms with Crippen LogP contribution in [0.3, 0.4) is 0 Å². The molecule has 1 aromatic rings. The Kier molecular flexibility index (Phi) is 4.21. The summed E-state index contributed by atoms with van der Waals surface area (Å²) in [4.78, 5) is 10.2. The van der Waals surface area contributed by atoms with E-state index in [1.165, 1.54) is 19.2 Å². The average molecular weight is 226 g/mol. The molecular weight excluding hydrogens is 212 g/mol. The summed E-state index contributed by atoms with van der Waals surface area (Å²) in [6, 6.07) is 4.55. The number of aliphatic hydroxyl groups excluding tert-OH is 1. The molecule has 0 saturated carbocycles. The molecule has 0 aliphatic carbocycles. The molecule has 1 unspecified atom stereocenters. The minimum atomic E-state index is -0.521. The Hall–Kier alpha value is -1.66. The first-order chi connectivity index (χ1) is 7.63. The van der Waals surface area contributed by atoms with Gasteiger partial charge in [-0.2, -0.15) is 0 Å². The third-order valence-electron chi connectivity index (χ3n) is 2.38. The molecule has 1 atom stereocenters. The van der Waals surface area contributed by atoms with Gasteiger partial charge in [0.25, 0.3) is 0 Å². The summed E-state index contributed by atoms with van der Waals surface area (Å²) >= 11 is 0. The molecule has 0 amide bonds. The van der Waals surface area contributed by atoms with Gasteiger partial charge in [-0.25, -0.2) is 0 Å². The van der Waals surface area contributed by atoms with Gasteiger partial charge in [0.2, 0.25) is 0 Å². The molecule has 16 heavy (non-hydrogen) atoms. The Morgan fingerprint density at radius 1 is 1.62 bits per heavy atom. The van der Waals surface area contributed by atoms with Gasteiger partial charge in [0.1, 0.15) is 0 Å². The van der Waals surface area contributed by atoms with Gasteiger partial charge < -0.3 is 15.6 Å². The largest absolute Gasteiger partial charge is 0.490 e. The molecule has 1 rings (SSSR count). The maximum absolute atomic E-state index is 10.8. The molecule has 0 bridgehead atoms. The second-order valence-corrected chi connectivity index (χ2v) is 3.30. The number of hydrogen-bond acceptors (Lipinski definition) is 5. The number of nitro benzene ring substituents is 1. The highest BCUT2D eigenvalue weighted by molar-refractivity contribution is 5.49. The topological polar surface area (TPSA) is 98.6 Å². The van der Waals surface area contributed by atoms with Gasteiger partial charge in [0, 0.05) is 18.5 Å². The van der Waals surface area contributed by atoms with Crippen LogP contribution in [0.5, 0.6) is 5.75 Å². The predicted octanol–water partition coefficient (Wildman–Crippen LogP) is 0.638. The Labute approximate surface area is 92.8 Å². The quantitative estimate of drug-likeness (QED) is 0.567. The van der Waals surface area contributed by atoms with Gasteiger partial charge in [-0.05, 0) is 11.6 Å². The van der Waals surface area contributed by atoms with Gasteiger partial charge in [-0.15, -0.1) is 0 Å². The minimum Gasteiger partial charge on any atom is -0.490 e. The second-order valence-electron chi connectivity index (χ2n) is 3.30. The number of aliphatic hydroxyl groups is 1. The summed E-state index contributed by atoms with van der Waals surface area (Å²) in [6.07, 6.45) is 0. The summed E-state index contributed by atoms with van der Waals surface area (Å²) in [5.41, 5.74) is 5.97. The molecule has 0 spiro atoms. The Morgan fingerprint density at radius 3 is 2.75 bits per heavy atom. The van der Waals surface area contributed by atoms with Crippen LogP contribution in [0.2, 0.25) is 0 Å². The highest BCUT2D eigenvalue weighted by Gasteiger charge is 2.18. The van der Waals surface area contributed by atoms with Crippen molar-refractivity contribution in [3.05, 3.63) is 33.9 Å². The van der Waals surface area contributed by atoms with E-state index in [1.54, 1.807) is 6.07 Å². The molecule has 0 aromatic heterocycles. The van der Waals surface area contributed by atoms with Crippen molar-refractivity contribution in [3.8, 4) is 5.75 Å². The molecule has 1 aromatic carbocycles. The smallest absolute Gasteiger partial charge is 0.311 e. The van der Waals surface area contributed by atoms with Crippen LogP contribution in [0, 0.1) is 10.1 Å². The van der Waals surface area contributed by atoms with E-state index in [0.717, 1.165) is 0 Å². The van der Waals surface area contributed by atoms with E-state index in [4.69, 9.17) is 15.6 Å². The number of rotatable bonds is 5. The van der Waals surface area contributed by atoms with Gasteiger partial charge in [-0.3, -0.25) is 10.1 Å². The van der Waals surface area contributed by atoms with Crippen LogP contribution < -0.4 is 10.5 Å². The van der Waals surface area contributed by atoms with Crippen molar-refractivity contribution in [2.45, 2.75) is 5.92 Å². The molecule has 0 fully saturated rings. The average Bonchev–Trinajstić information content (AvgIpc) is 2.30. The minimum absolute atomic E-state index is 0.119. The lowest BCUT2D eigenvalue weighted by Gasteiger charge is -2.12. The van der Waals surface area contributed by atoms with E-state index in [0.29, 0.717) is 5.56 Å². The predicted molar refractivity (Wildman–Crippen MR) is 58.5 cm³/mol. The van der Waals surface area contributed by atoms with E-state index < -0.39 is 4.92 Å². The molecule has 6 nitrogen and oxygen atoms in total.